The maximum atomic E-state index is 10.8. The Balaban J connectivity index is 2.86. The molecule has 1 aliphatic carbocycles. The topological polar surface area (TPSA) is 37.3 Å². The normalized spacial score (nSPS) is 17.8. The van der Waals surface area contributed by atoms with Crippen LogP contribution in [0.5, 0.6) is 0 Å². The predicted octanol–water partition coefficient (Wildman–Crippen LogP) is 2.68. The largest absolute Gasteiger partial charge is 0.478 e. The van der Waals surface area contributed by atoms with E-state index >= 15 is 0 Å². The van der Waals surface area contributed by atoms with Crippen LogP contribution in [0, 0.1) is 0 Å². The summed E-state index contributed by atoms with van der Waals surface area (Å²) in [4.78, 5) is 10.8. The van der Waals surface area contributed by atoms with Gasteiger partial charge in [0.05, 0.1) is 5.57 Å². The van der Waals surface area contributed by atoms with Crippen LogP contribution >= 0.6 is 0 Å². The van der Waals surface area contributed by atoms with E-state index in [2.05, 4.69) is 6.58 Å². The zero-order chi connectivity index (χ0) is 9.68. The molecule has 0 spiro atoms. The summed E-state index contributed by atoms with van der Waals surface area (Å²) in [5, 5.41) is 8.90. The molecule has 2 nitrogen and oxygen atoms in total. The third kappa shape index (κ3) is 2.58. The molecule has 0 aliphatic heterocycles. The molecule has 0 saturated heterocycles. The number of aliphatic carboxylic acids is 1. The zero-order valence-corrected chi connectivity index (χ0v) is 7.62. The van der Waals surface area contributed by atoms with Crippen molar-refractivity contribution in [2.45, 2.75) is 25.7 Å². The molecule has 0 amide bonds. The second-order valence-electron chi connectivity index (χ2n) is 3.10. The summed E-state index contributed by atoms with van der Waals surface area (Å²) in [6.07, 6.45) is 9.26. The number of rotatable bonds is 3. The molecule has 0 bridgehead atoms. The lowest BCUT2D eigenvalue weighted by molar-refractivity contribution is -0.132. The molecular weight excluding hydrogens is 164 g/mol. The highest BCUT2D eigenvalue weighted by molar-refractivity contribution is 5.92. The molecule has 0 atom stereocenters. The van der Waals surface area contributed by atoms with Gasteiger partial charge in [-0.25, -0.2) is 4.79 Å². The number of allylic oxidation sites excluding steroid dienone is 3. The molecule has 70 valence electrons. The lowest BCUT2D eigenvalue weighted by atomic mass is 9.93. The van der Waals surface area contributed by atoms with Crippen LogP contribution in [0.1, 0.15) is 25.7 Å². The molecule has 0 aromatic carbocycles. The Bertz CT molecular complexity index is 272. The van der Waals surface area contributed by atoms with Gasteiger partial charge in [0.2, 0.25) is 0 Å². The van der Waals surface area contributed by atoms with E-state index in [4.69, 9.17) is 5.11 Å². The maximum absolute atomic E-state index is 10.8. The summed E-state index contributed by atoms with van der Waals surface area (Å²) in [6.45, 7) is 3.51. The molecule has 2 heteroatoms. The predicted molar refractivity (Wildman–Crippen MR) is 52.5 cm³/mol. The van der Waals surface area contributed by atoms with Crippen molar-refractivity contribution in [2.24, 2.45) is 0 Å². The first-order chi connectivity index (χ1) is 6.25. The maximum Gasteiger partial charge on any atom is 0.335 e. The highest BCUT2D eigenvalue weighted by Gasteiger charge is 2.13. The van der Waals surface area contributed by atoms with Crippen LogP contribution in [-0.2, 0) is 4.79 Å². The highest BCUT2D eigenvalue weighted by atomic mass is 16.4. The number of carbonyl (C=O) groups is 1. The van der Waals surface area contributed by atoms with Crippen molar-refractivity contribution in [3.05, 3.63) is 36.0 Å². The van der Waals surface area contributed by atoms with E-state index in [0.717, 1.165) is 24.8 Å². The van der Waals surface area contributed by atoms with Crippen molar-refractivity contribution in [3.63, 3.8) is 0 Å². The molecule has 0 radical (unpaired) electrons. The van der Waals surface area contributed by atoms with Gasteiger partial charge < -0.3 is 5.11 Å². The SMILES string of the molecule is C=CC=C(C(=O)O)C1=CCCCC1. The number of hydrogen-bond acceptors (Lipinski definition) is 1. The molecule has 1 rings (SSSR count). The molecular formula is C11H14O2. The number of hydrogen-bond donors (Lipinski definition) is 1. The smallest absolute Gasteiger partial charge is 0.335 e. The van der Waals surface area contributed by atoms with Crippen molar-refractivity contribution in [1.82, 2.24) is 0 Å². The Kier molecular flexibility index (Phi) is 3.50. The van der Waals surface area contributed by atoms with E-state index < -0.39 is 5.97 Å². The Morgan fingerprint density at radius 2 is 2.31 bits per heavy atom. The van der Waals surface area contributed by atoms with Gasteiger partial charge in [-0.05, 0) is 37.3 Å². The second-order valence-corrected chi connectivity index (χ2v) is 3.10. The van der Waals surface area contributed by atoms with Gasteiger partial charge in [0, 0.05) is 0 Å². The first-order valence-electron chi connectivity index (χ1n) is 4.51. The Morgan fingerprint density at radius 3 is 2.77 bits per heavy atom. The van der Waals surface area contributed by atoms with Crippen LogP contribution < -0.4 is 0 Å². The summed E-state index contributed by atoms with van der Waals surface area (Å²) >= 11 is 0. The molecule has 1 N–H and O–H groups in total. The van der Waals surface area contributed by atoms with Crippen LogP contribution in [0.15, 0.2) is 36.0 Å². The average molecular weight is 178 g/mol. The molecule has 1 aliphatic rings. The summed E-state index contributed by atoms with van der Waals surface area (Å²) in [5.74, 6) is -0.854. The molecule has 0 fully saturated rings. The fourth-order valence-corrected chi connectivity index (χ4v) is 1.52. The fourth-order valence-electron chi connectivity index (χ4n) is 1.52. The Labute approximate surface area is 78.3 Å². The summed E-state index contributed by atoms with van der Waals surface area (Å²) in [7, 11) is 0. The van der Waals surface area contributed by atoms with Crippen LogP contribution in [0.2, 0.25) is 0 Å². The number of carboxylic acids is 1. The Hall–Kier alpha value is -1.31. The fraction of sp³-hybridized carbons (Fsp3) is 0.364. The van der Waals surface area contributed by atoms with Crippen LogP contribution in [0.3, 0.4) is 0 Å². The average Bonchev–Trinajstić information content (AvgIpc) is 2.15. The lowest BCUT2D eigenvalue weighted by Crippen LogP contribution is -2.05. The van der Waals surface area contributed by atoms with E-state index in [0.29, 0.717) is 5.57 Å². The van der Waals surface area contributed by atoms with Gasteiger partial charge in [-0.2, -0.15) is 0 Å². The van der Waals surface area contributed by atoms with E-state index in [1.807, 2.05) is 6.08 Å². The van der Waals surface area contributed by atoms with Gasteiger partial charge in [0.15, 0.2) is 0 Å². The van der Waals surface area contributed by atoms with E-state index in [1.54, 1.807) is 6.08 Å². The molecule has 0 aromatic heterocycles. The standard InChI is InChI=1S/C11H14O2/c1-2-6-10(11(12)13)9-7-4-3-5-8-9/h2,6-7H,1,3-5,8H2,(H,12,13). The van der Waals surface area contributed by atoms with Crippen molar-refractivity contribution in [3.8, 4) is 0 Å². The van der Waals surface area contributed by atoms with Crippen molar-refractivity contribution in [1.29, 1.82) is 0 Å². The summed E-state index contributed by atoms with van der Waals surface area (Å²) in [5.41, 5.74) is 1.35. The minimum atomic E-state index is -0.854. The van der Waals surface area contributed by atoms with E-state index in [-0.39, 0.29) is 0 Å². The minimum Gasteiger partial charge on any atom is -0.478 e. The molecule has 0 heterocycles. The number of carboxylic acid groups (broad SMARTS) is 1. The van der Waals surface area contributed by atoms with Crippen LogP contribution in [0.4, 0.5) is 0 Å². The highest BCUT2D eigenvalue weighted by Crippen LogP contribution is 2.23. The van der Waals surface area contributed by atoms with Gasteiger partial charge in [0.25, 0.3) is 0 Å². The third-order valence-corrected chi connectivity index (χ3v) is 2.15. The van der Waals surface area contributed by atoms with Gasteiger partial charge in [-0.3, -0.25) is 0 Å². The van der Waals surface area contributed by atoms with Gasteiger partial charge in [0.1, 0.15) is 0 Å². The van der Waals surface area contributed by atoms with E-state index in [1.165, 1.54) is 12.5 Å². The zero-order valence-electron chi connectivity index (χ0n) is 7.62. The third-order valence-electron chi connectivity index (χ3n) is 2.15. The first kappa shape index (κ1) is 9.78. The molecule has 0 unspecified atom stereocenters. The first-order valence-corrected chi connectivity index (χ1v) is 4.51. The van der Waals surface area contributed by atoms with Gasteiger partial charge >= 0.3 is 5.97 Å². The molecule has 13 heavy (non-hydrogen) atoms. The Morgan fingerprint density at radius 1 is 1.54 bits per heavy atom. The summed E-state index contributed by atoms with van der Waals surface area (Å²) in [6, 6.07) is 0. The van der Waals surface area contributed by atoms with Crippen molar-refractivity contribution >= 4 is 5.97 Å². The van der Waals surface area contributed by atoms with Gasteiger partial charge in [-0.15, -0.1) is 0 Å². The lowest BCUT2D eigenvalue weighted by Gasteiger charge is -2.12. The molecule has 0 aromatic rings. The van der Waals surface area contributed by atoms with Crippen LogP contribution in [-0.4, -0.2) is 11.1 Å². The molecule has 0 saturated carbocycles. The minimum absolute atomic E-state index is 0.398. The quantitative estimate of drug-likeness (QED) is 0.533. The van der Waals surface area contributed by atoms with Gasteiger partial charge in [-0.1, -0.05) is 18.7 Å². The second kappa shape index (κ2) is 4.65. The monoisotopic (exact) mass is 178 g/mol. The summed E-state index contributed by atoms with van der Waals surface area (Å²) < 4.78 is 0. The van der Waals surface area contributed by atoms with E-state index in [9.17, 15) is 4.79 Å². The van der Waals surface area contributed by atoms with Crippen molar-refractivity contribution in [2.75, 3.05) is 0 Å². The van der Waals surface area contributed by atoms with Crippen LogP contribution in [0.25, 0.3) is 0 Å². The van der Waals surface area contributed by atoms with Crippen molar-refractivity contribution < 1.29 is 9.90 Å².